The summed E-state index contributed by atoms with van der Waals surface area (Å²) in [4.78, 5) is 31.0. The number of nitrogens with two attached hydrogens (primary N) is 2. The molecule has 1 atom stereocenters. The van der Waals surface area contributed by atoms with E-state index in [1.807, 2.05) is 5.92 Å². The first-order valence-corrected chi connectivity index (χ1v) is 8.73. The van der Waals surface area contributed by atoms with Crippen LogP contribution in [0.2, 0.25) is 0 Å². The van der Waals surface area contributed by atoms with E-state index in [-0.39, 0.29) is 11.6 Å². The van der Waals surface area contributed by atoms with Gasteiger partial charge < -0.3 is 21.5 Å². The number of carbonyl (C=O) groups is 2. The maximum Gasteiger partial charge on any atom is 0.286 e. The van der Waals surface area contributed by atoms with Gasteiger partial charge in [0.05, 0.1) is 5.69 Å². The van der Waals surface area contributed by atoms with Crippen LogP contribution in [0.3, 0.4) is 0 Å². The minimum Gasteiger partial charge on any atom is -0.462 e. The predicted molar refractivity (Wildman–Crippen MR) is 111 cm³/mol. The highest BCUT2D eigenvalue weighted by atomic mass is 19.1. The van der Waals surface area contributed by atoms with E-state index in [1.54, 1.807) is 44.2 Å². The van der Waals surface area contributed by atoms with Crippen molar-refractivity contribution in [3.05, 3.63) is 59.9 Å². The van der Waals surface area contributed by atoms with Gasteiger partial charge in [-0.25, -0.2) is 9.97 Å². The van der Waals surface area contributed by atoms with Crippen LogP contribution in [0.4, 0.5) is 10.2 Å². The fourth-order valence-electron chi connectivity index (χ4n) is 2.22. The lowest BCUT2D eigenvalue weighted by molar-refractivity contribution is -0.118. The molecule has 0 radical (unpaired) electrons. The second-order valence-corrected chi connectivity index (χ2v) is 6.16. The molecular weight excluding hydrogens is 389 g/mol. The van der Waals surface area contributed by atoms with Crippen LogP contribution in [-0.2, 0) is 4.79 Å². The number of hydrogen-bond acceptors (Lipinski definition) is 6. The lowest BCUT2D eigenvalue weighted by Gasteiger charge is -2.13. The molecule has 2 aromatic rings. The van der Waals surface area contributed by atoms with Gasteiger partial charge in [0, 0.05) is 11.6 Å². The molecule has 154 valence electrons. The normalized spacial score (nSPS) is 12.6. The first kappa shape index (κ1) is 22.1. The summed E-state index contributed by atoms with van der Waals surface area (Å²) in [5.74, 6) is 0.677. The van der Waals surface area contributed by atoms with Crippen molar-refractivity contribution in [3.63, 3.8) is 0 Å². The highest BCUT2D eigenvalue weighted by Gasteiger charge is 2.14. The van der Waals surface area contributed by atoms with Crippen LogP contribution in [0, 0.1) is 12.3 Å². The SMILES string of the molecule is C#CC(F)=CC=C(C)Oc1ccc(-c2cc(NC(C)C(N)=O)nc(C(N)=O)n2)cc1. The molecule has 0 saturated carbocycles. The average Bonchev–Trinajstić information content (AvgIpc) is 2.72. The third-order valence-corrected chi connectivity index (χ3v) is 3.77. The summed E-state index contributed by atoms with van der Waals surface area (Å²) in [6, 6.07) is 7.58. The number of rotatable bonds is 8. The molecule has 0 fully saturated rings. The molecule has 5 N–H and O–H groups in total. The molecule has 1 aromatic heterocycles. The van der Waals surface area contributed by atoms with E-state index in [2.05, 4.69) is 15.3 Å². The molecule has 0 aliphatic rings. The largest absolute Gasteiger partial charge is 0.462 e. The average molecular weight is 409 g/mol. The summed E-state index contributed by atoms with van der Waals surface area (Å²) < 4.78 is 18.5. The van der Waals surface area contributed by atoms with Crippen molar-refractivity contribution < 1.29 is 18.7 Å². The zero-order valence-corrected chi connectivity index (χ0v) is 16.3. The van der Waals surface area contributed by atoms with Crippen LogP contribution in [-0.4, -0.2) is 27.8 Å². The van der Waals surface area contributed by atoms with Crippen LogP contribution in [0.15, 0.2) is 54.1 Å². The Morgan fingerprint density at radius 2 is 1.90 bits per heavy atom. The zero-order chi connectivity index (χ0) is 22.3. The monoisotopic (exact) mass is 409 g/mol. The molecule has 2 rings (SSSR count). The quantitative estimate of drug-likeness (QED) is 0.348. The van der Waals surface area contributed by atoms with Crippen molar-refractivity contribution in [1.82, 2.24) is 9.97 Å². The predicted octanol–water partition coefficient (Wildman–Crippen LogP) is 2.30. The van der Waals surface area contributed by atoms with Crippen molar-refractivity contribution >= 4 is 17.6 Å². The number of ether oxygens (including phenoxy) is 1. The number of allylic oxidation sites excluding steroid dienone is 4. The molecule has 8 nitrogen and oxygen atoms in total. The van der Waals surface area contributed by atoms with Gasteiger partial charge in [-0.3, -0.25) is 9.59 Å². The van der Waals surface area contributed by atoms with Crippen LogP contribution in [0.25, 0.3) is 11.3 Å². The Hall–Kier alpha value is -4.19. The second kappa shape index (κ2) is 9.84. The third kappa shape index (κ3) is 6.17. The van der Waals surface area contributed by atoms with Crippen molar-refractivity contribution in [2.24, 2.45) is 11.5 Å². The Bertz CT molecular complexity index is 1060. The fourth-order valence-corrected chi connectivity index (χ4v) is 2.22. The van der Waals surface area contributed by atoms with E-state index in [1.165, 1.54) is 6.08 Å². The summed E-state index contributed by atoms with van der Waals surface area (Å²) in [5, 5.41) is 2.80. The molecule has 0 saturated heterocycles. The minimum absolute atomic E-state index is 0.215. The Balaban J connectivity index is 2.28. The van der Waals surface area contributed by atoms with Gasteiger partial charge in [0.25, 0.3) is 5.91 Å². The van der Waals surface area contributed by atoms with E-state index < -0.39 is 23.7 Å². The third-order valence-electron chi connectivity index (χ3n) is 3.77. The van der Waals surface area contributed by atoms with Crippen LogP contribution in [0.1, 0.15) is 24.5 Å². The Kier molecular flexibility index (Phi) is 7.25. The standard InChI is InChI=1S/C21H20FN5O3/c1-4-15(22)8-5-12(2)30-16-9-6-14(7-10-16)17-11-18(25-13(3)19(23)28)27-21(26-17)20(24)29/h1,5-11,13H,2-3H3,(H2,23,28)(H2,24,29)(H,25,26,27). The van der Waals surface area contributed by atoms with E-state index in [0.717, 1.165) is 6.08 Å². The molecule has 0 bridgehead atoms. The van der Waals surface area contributed by atoms with Crippen LogP contribution < -0.4 is 21.5 Å². The number of nitrogens with one attached hydrogen (secondary N) is 1. The van der Waals surface area contributed by atoms with E-state index in [9.17, 15) is 14.0 Å². The number of anilines is 1. The van der Waals surface area contributed by atoms with E-state index in [0.29, 0.717) is 22.8 Å². The summed E-state index contributed by atoms with van der Waals surface area (Å²) in [6.07, 6.45) is 7.46. The number of primary amides is 2. The topological polar surface area (TPSA) is 133 Å². The molecule has 1 aromatic carbocycles. The summed E-state index contributed by atoms with van der Waals surface area (Å²) in [6.45, 7) is 3.20. The van der Waals surface area contributed by atoms with E-state index in [4.69, 9.17) is 22.6 Å². The summed E-state index contributed by atoms with van der Waals surface area (Å²) in [5.41, 5.74) is 11.6. The Morgan fingerprint density at radius 1 is 1.23 bits per heavy atom. The first-order chi connectivity index (χ1) is 14.2. The van der Waals surface area contributed by atoms with Gasteiger partial charge >= 0.3 is 0 Å². The number of aromatic nitrogens is 2. The van der Waals surface area contributed by atoms with Gasteiger partial charge in [-0.1, -0.05) is 0 Å². The molecule has 0 aliphatic carbocycles. The van der Waals surface area contributed by atoms with Crippen LogP contribution >= 0.6 is 0 Å². The van der Waals surface area contributed by atoms with E-state index >= 15 is 0 Å². The highest BCUT2D eigenvalue weighted by molar-refractivity contribution is 5.90. The number of terminal acetylenes is 1. The van der Waals surface area contributed by atoms with Crippen molar-refractivity contribution in [1.29, 1.82) is 0 Å². The van der Waals surface area contributed by atoms with Crippen LogP contribution in [0.5, 0.6) is 5.75 Å². The Morgan fingerprint density at radius 3 is 2.47 bits per heavy atom. The number of halogens is 1. The van der Waals surface area contributed by atoms with Gasteiger partial charge in [0.2, 0.25) is 11.7 Å². The molecule has 1 unspecified atom stereocenters. The Labute approximate surface area is 172 Å². The molecular formula is C21H20FN5O3. The van der Waals surface area contributed by atoms with Gasteiger partial charge in [-0.2, -0.15) is 4.39 Å². The van der Waals surface area contributed by atoms with Gasteiger partial charge in [0.1, 0.15) is 23.4 Å². The highest BCUT2D eigenvalue weighted by Crippen LogP contribution is 2.24. The summed E-state index contributed by atoms with van der Waals surface area (Å²) in [7, 11) is 0. The second-order valence-electron chi connectivity index (χ2n) is 6.16. The smallest absolute Gasteiger partial charge is 0.286 e. The lowest BCUT2D eigenvalue weighted by atomic mass is 10.1. The van der Waals surface area contributed by atoms with Gasteiger partial charge in [0.15, 0.2) is 5.83 Å². The summed E-state index contributed by atoms with van der Waals surface area (Å²) >= 11 is 0. The molecule has 0 aliphatic heterocycles. The van der Waals surface area contributed by atoms with Crippen molar-refractivity contribution in [2.75, 3.05) is 5.32 Å². The molecule has 0 spiro atoms. The van der Waals surface area contributed by atoms with Crippen molar-refractivity contribution in [3.8, 4) is 29.4 Å². The van der Waals surface area contributed by atoms with Crippen molar-refractivity contribution in [2.45, 2.75) is 19.9 Å². The number of benzene rings is 1. The molecule has 2 amide bonds. The molecule has 1 heterocycles. The maximum atomic E-state index is 13.0. The first-order valence-electron chi connectivity index (χ1n) is 8.73. The number of nitrogens with zero attached hydrogens (tertiary/aromatic N) is 2. The number of carbonyl (C=O) groups excluding carboxylic acids is 2. The zero-order valence-electron chi connectivity index (χ0n) is 16.3. The van der Waals surface area contributed by atoms with Gasteiger partial charge in [-0.05, 0) is 56.2 Å². The maximum absolute atomic E-state index is 13.0. The number of hydrogen-bond donors (Lipinski definition) is 3. The fraction of sp³-hybridized carbons (Fsp3) is 0.143. The molecule has 9 heteroatoms. The molecule has 30 heavy (non-hydrogen) atoms. The number of amides is 2. The lowest BCUT2D eigenvalue weighted by Crippen LogP contribution is -2.33. The minimum atomic E-state index is -0.820. The van der Waals surface area contributed by atoms with Gasteiger partial charge in [-0.15, -0.1) is 6.42 Å².